The number of carboxylic acid groups (broad SMARTS) is 2. The molecule has 0 aromatic heterocycles. The lowest BCUT2D eigenvalue weighted by Gasteiger charge is -2.49. The van der Waals surface area contributed by atoms with Gasteiger partial charge in [-0.2, -0.15) is 0 Å². The zero-order chi connectivity index (χ0) is 26.4. The molecular formula is C22H25N5O7S2. The largest absolute Gasteiger partial charge is 0.480 e. The molecule has 0 radical (unpaired) electrons. The van der Waals surface area contributed by atoms with E-state index in [1.165, 1.54) is 11.8 Å². The van der Waals surface area contributed by atoms with Crippen molar-refractivity contribution in [1.29, 1.82) is 5.41 Å². The van der Waals surface area contributed by atoms with Crippen molar-refractivity contribution < 1.29 is 34.2 Å². The normalized spacial score (nSPS) is 19.6. The van der Waals surface area contributed by atoms with Gasteiger partial charge < -0.3 is 26.6 Å². The standard InChI is InChI=1S/C22H25N5O7S2/c23-22(24)36-10-12-9-35-19-15(18(30)27(19)16(12)21(33)34)26-14(28)8-4-7-13(20(31)32)25-17(29)11-5-2-1-3-6-11/h1-3,5-6,13,15,19H,4,7-10H2,(H3,23,24)(H,25,29)(H,26,28)(H,31,32)(H,33,34)/t13?,15-,19+/m1/s1. The number of carboxylic acids is 2. The summed E-state index contributed by atoms with van der Waals surface area (Å²) in [7, 11) is 0. The molecule has 0 saturated carbocycles. The van der Waals surface area contributed by atoms with Gasteiger partial charge in [-0.1, -0.05) is 30.0 Å². The number of benzene rings is 1. The van der Waals surface area contributed by atoms with Crippen LogP contribution in [0.5, 0.6) is 0 Å². The first-order valence-electron chi connectivity index (χ1n) is 10.8. The average Bonchev–Trinajstić information content (AvgIpc) is 2.84. The number of fused-ring (bicyclic) bond motifs is 1. The molecule has 1 fully saturated rings. The van der Waals surface area contributed by atoms with Gasteiger partial charge in [0.25, 0.3) is 11.8 Å². The van der Waals surface area contributed by atoms with Crippen molar-refractivity contribution in [3.63, 3.8) is 0 Å². The van der Waals surface area contributed by atoms with E-state index in [0.29, 0.717) is 16.9 Å². The number of carbonyl (C=O) groups is 5. The van der Waals surface area contributed by atoms with Gasteiger partial charge in [-0.25, -0.2) is 9.59 Å². The van der Waals surface area contributed by atoms with Crippen molar-refractivity contribution in [3.05, 3.63) is 47.2 Å². The van der Waals surface area contributed by atoms with E-state index in [1.807, 2.05) is 0 Å². The minimum absolute atomic E-state index is 0.00726. The number of amidine groups is 1. The molecule has 2 heterocycles. The highest BCUT2D eigenvalue weighted by atomic mass is 32.2. The maximum absolute atomic E-state index is 12.7. The number of β-lactam (4-membered cyclic amide) rings is 1. The molecule has 3 rings (SSSR count). The molecule has 1 aromatic carbocycles. The number of hydrogen-bond acceptors (Lipinski definition) is 8. The number of amides is 3. The summed E-state index contributed by atoms with van der Waals surface area (Å²) in [6.45, 7) is 0. The number of nitrogens with two attached hydrogens (primary N) is 1. The van der Waals surface area contributed by atoms with E-state index in [-0.39, 0.29) is 35.9 Å². The molecule has 0 aliphatic carbocycles. The van der Waals surface area contributed by atoms with Crippen molar-refractivity contribution in [2.24, 2.45) is 5.73 Å². The van der Waals surface area contributed by atoms with Crippen molar-refractivity contribution in [2.75, 3.05) is 11.5 Å². The summed E-state index contributed by atoms with van der Waals surface area (Å²) in [5.74, 6) is -3.59. The third-order valence-corrected chi connectivity index (χ3v) is 7.65. The van der Waals surface area contributed by atoms with Crippen LogP contribution in [0.3, 0.4) is 0 Å². The number of hydrogen-bond donors (Lipinski definition) is 6. The molecule has 0 bridgehead atoms. The van der Waals surface area contributed by atoms with E-state index in [4.69, 9.17) is 11.1 Å². The topological polar surface area (TPSA) is 203 Å². The second kappa shape index (κ2) is 11.9. The summed E-state index contributed by atoms with van der Waals surface area (Å²) in [5.41, 5.74) is 5.96. The van der Waals surface area contributed by atoms with Crippen LogP contribution in [0.1, 0.15) is 29.6 Å². The average molecular weight is 536 g/mol. The fourth-order valence-electron chi connectivity index (χ4n) is 3.76. The van der Waals surface area contributed by atoms with Crippen LogP contribution in [-0.4, -0.2) is 78.9 Å². The van der Waals surface area contributed by atoms with E-state index in [0.717, 1.165) is 16.7 Å². The minimum Gasteiger partial charge on any atom is -0.480 e. The second-order valence-electron chi connectivity index (χ2n) is 7.99. The maximum atomic E-state index is 12.7. The molecule has 3 atom stereocenters. The Kier molecular flexibility index (Phi) is 8.98. The molecule has 1 unspecified atom stereocenters. The van der Waals surface area contributed by atoms with Crippen molar-refractivity contribution in [1.82, 2.24) is 15.5 Å². The van der Waals surface area contributed by atoms with Crippen LogP contribution in [0, 0.1) is 5.41 Å². The number of nitrogens with zero attached hydrogens (tertiary/aromatic N) is 1. The summed E-state index contributed by atoms with van der Waals surface area (Å²) in [5, 5.41) is 30.6. The van der Waals surface area contributed by atoms with Crippen molar-refractivity contribution in [3.8, 4) is 0 Å². The second-order valence-corrected chi connectivity index (χ2v) is 10.1. The highest BCUT2D eigenvalue weighted by molar-refractivity contribution is 8.13. The summed E-state index contributed by atoms with van der Waals surface area (Å²) in [6, 6.07) is 6.07. The van der Waals surface area contributed by atoms with E-state index in [2.05, 4.69) is 10.6 Å². The molecule has 192 valence electrons. The van der Waals surface area contributed by atoms with E-state index < -0.39 is 47.1 Å². The fourth-order valence-corrected chi connectivity index (χ4v) is 5.80. The molecule has 36 heavy (non-hydrogen) atoms. The smallest absolute Gasteiger partial charge is 0.352 e. The SMILES string of the molecule is N=C(N)SCC1=C(C(=O)O)N2C(=O)[C@@H](NC(=O)CCCC(NC(=O)c3ccccc3)C(=O)O)[C@@H]2SC1. The molecule has 12 nitrogen and oxygen atoms in total. The van der Waals surface area contributed by atoms with Gasteiger partial charge >= 0.3 is 11.9 Å². The highest BCUT2D eigenvalue weighted by Gasteiger charge is 2.54. The number of nitrogens with one attached hydrogen (secondary N) is 3. The third-order valence-electron chi connectivity index (χ3n) is 5.50. The Labute approximate surface area is 214 Å². The molecule has 3 amide bonds. The lowest BCUT2D eigenvalue weighted by atomic mass is 10.0. The number of thioether (sulfide) groups is 2. The van der Waals surface area contributed by atoms with Gasteiger partial charge in [0.15, 0.2) is 5.17 Å². The zero-order valence-electron chi connectivity index (χ0n) is 18.9. The van der Waals surface area contributed by atoms with Crippen LogP contribution in [0.15, 0.2) is 41.6 Å². The van der Waals surface area contributed by atoms with Gasteiger partial charge in [-0.15, -0.1) is 11.8 Å². The molecule has 0 spiro atoms. The van der Waals surface area contributed by atoms with Gasteiger partial charge in [0.05, 0.1) is 0 Å². The quantitative estimate of drug-likeness (QED) is 0.131. The third kappa shape index (κ3) is 6.37. The predicted octanol–water partition coefficient (Wildman–Crippen LogP) is 0.405. The number of aliphatic carboxylic acids is 2. The molecule has 14 heteroatoms. The molecule has 1 saturated heterocycles. The minimum atomic E-state index is -1.27. The summed E-state index contributed by atoms with van der Waals surface area (Å²) in [6.07, 6.45) is 0.0780. The summed E-state index contributed by atoms with van der Waals surface area (Å²) >= 11 is 2.27. The monoisotopic (exact) mass is 535 g/mol. The first kappa shape index (κ1) is 27.1. The first-order chi connectivity index (χ1) is 17.1. The molecular weight excluding hydrogens is 510 g/mol. The van der Waals surface area contributed by atoms with E-state index >= 15 is 0 Å². The Hall–Kier alpha value is -3.52. The number of rotatable bonds is 11. The number of carbonyl (C=O) groups excluding carboxylic acids is 3. The highest BCUT2D eigenvalue weighted by Crippen LogP contribution is 2.41. The van der Waals surface area contributed by atoms with E-state index in [9.17, 15) is 34.2 Å². The lowest BCUT2D eigenvalue weighted by molar-refractivity contribution is -0.150. The van der Waals surface area contributed by atoms with Crippen molar-refractivity contribution >= 4 is 58.4 Å². The Balaban J connectivity index is 1.52. The lowest BCUT2D eigenvalue weighted by Crippen LogP contribution is -2.70. The Morgan fingerprint density at radius 3 is 2.53 bits per heavy atom. The van der Waals surface area contributed by atoms with E-state index in [1.54, 1.807) is 30.3 Å². The van der Waals surface area contributed by atoms with Gasteiger partial charge in [-0.05, 0) is 30.5 Å². The summed E-state index contributed by atoms with van der Waals surface area (Å²) < 4.78 is 0. The molecule has 2 aliphatic heterocycles. The van der Waals surface area contributed by atoms with Crippen LogP contribution in [0.25, 0.3) is 0 Å². The Morgan fingerprint density at radius 1 is 1.22 bits per heavy atom. The van der Waals surface area contributed by atoms with Crippen LogP contribution in [0.2, 0.25) is 0 Å². The maximum Gasteiger partial charge on any atom is 0.352 e. The van der Waals surface area contributed by atoms with Gasteiger partial charge in [0.2, 0.25) is 5.91 Å². The molecule has 2 aliphatic rings. The van der Waals surface area contributed by atoms with Crippen LogP contribution >= 0.6 is 23.5 Å². The fraction of sp³-hybridized carbons (Fsp3) is 0.364. The Bertz CT molecular complexity index is 1110. The molecule has 1 aromatic rings. The zero-order valence-corrected chi connectivity index (χ0v) is 20.6. The van der Waals surface area contributed by atoms with Gasteiger partial charge in [0, 0.05) is 23.5 Å². The van der Waals surface area contributed by atoms with Gasteiger partial charge in [0.1, 0.15) is 23.2 Å². The van der Waals surface area contributed by atoms with Crippen LogP contribution in [-0.2, 0) is 19.2 Å². The van der Waals surface area contributed by atoms with Crippen LogP contribution in [0.4, 0.5) is 0 Å². The predicted molar refractivity (Wildman–Crippen MR) is 133 cm³/mol. The van der Waals surface area contributed by atoms with Gasteiger partial charge in [-0.3, -0.25) is 24.7 Å². The van der Waals surface area contributed by atoms with Crippen LogP contribution < -0.4 is 16.4 Å². The van der Waals surface area contributed by atoms with Crippen molar-refractivity contribution in [2.45, 2.75) is 36.7 Å². The molecule has 7 N–H and O–H groups in total. The summed E-state index contributed by atoms with van der Waals surface area (Å²) in [4.78, 5) is 61.8. The Morgan fingerprint density at radius 2 is 1.92 bits per heavy atom. The first-order valence-corrected chi connectivity index (χ1v) is 12.9.